The van der Waals surface area contributed by atoms with Crippen molar-refractivity contribution in [1.29, 1.82) is 0 Å². The van der Waals surface area contributed by atoms with E-state index in [1.54, 1.807) is 13.2 Å². The van der Waals surface area contributed by atoms with Crippen LogP contribution in [0.2, 0.25) is 0 Å². The molecule has 0 unspecified atom stereocenters. The second kappa shape index (κ2) is 6.67. The zero-order chi connectivity index (χ0) is 17.3. The Morgan fingerprint density at radius 3 is 2.62 bits per heavy atom. The first-order valence-corrected chi connectivity index (χ1v) is 8.45. The number of hydrogen-bond donors (Lipinski definition) is 0. The van der Waals surface area contributed by atoms with Gasteiger partial charge in [-0.2, -0.15) is 0 Å². The maximum absolute atomic E-state index is 12.9. The predicted octanol–water partition coefficient (Wildman–Crippen LogP) is 4.00. The number of amides is 1. The zero-order valence-electron chi connectivity index (χ0n) is 14.7. The lowest BCUT2D eigenvalue weighted by molar-refractivity contribution is 0.0617. The SMILES string of the molecule is COc1ccccc1-c1cc(C(=O)N(C2CC2)[C@H](C)C(C)C)no1. The summed E-state index contributed by atoms with van der Waals surface area (Å²) in [6.07, 6.45) is 2.14. The molecule has 24 heavy (non-hydrogen) atoms. The number of rotatable bonds is 6. The molecule has 1 atom stereocenters. The molecule has 2 aromatic rings. The normalized spacial score (nSPS) is 15.4. The van der Waals surface area contributed by atoms with Crippen LogP contribution in [-0.4, -0.2) is 35.2 Å². The molecule has 5 heteroatoms. The second-order valence-electron chi connectivity index (χ2n) is 6.70. The molecule has 0 bridgehead atoms. The van der Waals surface area contributed by atoms with Gasteiger partial charge in [0.15, 0.2) is 11.5 Å². The molecule has 1 aromatic heterocycles. The Balaban J connectivity index is 1.88. The number of methoxy groups -OCH3 is 1. The Bertz CT molecular complexity index is 719. The van der Waals surface area contributed by atoms with Gasteiger partial charge in [-0.1, -0.05) is 31.1 Å². The maximum Gasteiger partial charge on any atom is 0.276 e. The monoisotopic (exact) mass is 328 g/mol. The molecule has 0 saturated heterocycles. The van der Waals surface area contributed by atoms with Crippen LogP contribution in [0.15, 0.2) is 34.9 Å². The molecule has 5 nitrogen and oxygen atoms in total. The van der Waals surface area contributed by atoms with Gasteiger partial charge in [-0.3, -0.25) is 4.79 Å². The van der Waals surface area contributed by atoms with Gasteiger partial charge in [0.05, 0.1) is 12.7 Å². The third kappa shape index (κ3) is 3.16. The highest BCUT2D eigenvalue weighted by atomic mass is 16.5. The van der Waals surface area contributed by atoms with Crippen molar-refractivity contribution in [2.75, 3.05) is 7.11 Å². The van der Waals surface area contributed by atoms with Crippen molar-refractivity contribution in [1.82, 2.24) is 10.1 Å². The molecule has 0 N–H and O–H groups in total. The molecule has 1 amide bonds. The molecular formula is C19H24N2O3. The number of aromatic nitrogens is 1. The van der Waals surface area contributed by atoms with Crippen LogP contribution in [-0.2, 0) is 0 Å². The van der Waals surface area contributed by atoms with Crippen LogP contribution in [0.25, 0.3) is 11.3 Å². The van der Waals surface area contributed by atoms with E-state index in [4.69, 9.17) is 9.26 Å². The Kier molecular flexibility index (Phi) is 4.60. The van der Waals surface area contributed by atoms with Crippen molar-refractivity contribution in [3.05, 3.63) is 36.0 Å². The van der Waals surface area contributed by atoms with Crippen LogP contribution in [0, 0.1) is 5.92 Å². The molecule has 0 aliphatic heterocycles. The number of ether oxygens (including phenoxy) is 1. The van der Waals surface area contributed by atoms with Crippen LogP contribution in [0.3, 0.4) is 0 Å². The van der Waals surface area contributed by atoms with Gasteiger partial charge in [-0.05, 0) is 37.8 Å². The molecule has 1 heterocycles. The lowest BCUT2D eigenvalue weighted by Crippen LogP contribution is -2.43. The van der Waals surface area contributed by atoms with Crippen LogP contribution in [0.5, 0.6) is 5.75 Å². The lowest BCUT2D eigenvalue weighted by Gasteiger charge is -2.31. The van der Waals surface area contributed by atoms with E-state index in [0.717, 1.165) is 18.4 Å². The van der Waals surface area contributed by atoms with Gasteiger partial charge in [0.1, 0.15) is 5.75 Å². The predicted molar refractivity (Wildman–Crippen MR) is 92.0 cm³/mol. The lowest BCUT2D eigenvalue weighted by atomic mass is 10.0. The van der Waals surface area contributed by atoms with Crippen molar-refractivity contribution in [3.8, 4) is 17.1 Å². The van der Waals surface area contributed by atoms with Crippen molar-refractivity contribution in [2.45, 2.75) is 45.7 Å². The Labute approximate surface area is 142 Å². The summed E-state index contributed by atoms with van der Waals surface area (Å²) in [5.74, 6) is 1.59. The van der Waals surface area contributed by atoms with E-state index in [2.05, 4.69) is 25.9 Å². The van der Waals surface area contributed by atoms with E-state index < -0.39 is 0 Å². The summed E-state index contributed by atoms with van der Waals surface area (Å²) in [5, 5.41) is 4.02. The van der Waals surface area contributed by atoms with Crippen molar-refractivity contribution in [2.24, 2.45) is 5.92 Å². The second-order valence-corrected chi connectivity index (χ2v) is 6.70. The quantitative estimate of drug-likeness (QED) is 0.804. The smallest absolute Gasteiger partial charge is 0.276 e. The Morgan fingerprint density at radius 1 is 1.29 bits per heavy atom. The largest absolute Gasteiger partial charge is 0.496 e. The van der Waals surface area contributed by atoms with Gasteiger partial charge in [0.25, 0.3) is 5.91 Å². The molecule has 1 aromatic carbocycles. The van der Waals surface area contributed by atoms with E-state index in [9.17, 15) is 4.79 Å². The first-order chi connectivity index (χ1) is 11.5. The summed E-state index contributed by atoms with van der Waals surface area (Å²) in [7, 11) is 1.61. The minimum absolute atomic E-state index is 0.0522. The Hall–Kier alpha value is -2.30. The van der Waals surface area contributed by atoms with Gasteiger partial charge < -0.3 is 14.2 Å². The number of nitrogens with zero attached hydrogens (tertiary/aromatic N) is 2. The standard InChI is InChI=1S/C19H24N2O3/c1-12(2)13(3)21(14-9-10-14)19(22)16-11-18(24-20-16)15-7-5-6-8-17(15)23-4/h5-8,11-14H,9-10H2,1-4H3/t13-/m1/s1. The van der Waals surface area contributed by atoms with Crippen molar-refractivity contribution < 1.29 is 14.1 Å². The van der Waals surface area contributed by atoms with Crippen LogP contribution in [0.1, 0.15) is 44.1 Å². The number of benzene rings is 1. The van der Waals surface area contributed by atoms with Crippen molar-refractivity contribution in [3.63, 3.8) is 0 Å². The maximum atomic E-state index is 12.9. The minimum Gasteiger partial charge on any atom is -0.496 e. The third-order valence-electron chi connectivity index (χ3n) is 4.68. The van der Waals surface area contributed by atoms with Gasteiger partial charge >= 0.3 is 0 Å². The first kappa shape index (κ1) is 16.6. The summed E-state index contributed by atoms with van der Waals surface area (Å²) in [5.41, 5.74) is 1.15. The van der Waals surface area contributed by atoms with Crippen LogP contribution < -0.4 is 4.74 Å². The molecule has 0 spiro atoms. The highest BCUT2D eigenvalue weighted by Gasteiger charge is 2.38. The summed E-state index contributed by atoms with van der Waals surface area (Å²) >= 11 is 0. The number of para-hydroxylation sites is 1. The fourth-order valence-corrected chi connectivity index (χ4v) is 2.84. The minimum atomic E-state index is -0.0522. The van der Waals surface area contributed by atoms with Crippen LogP contribution in [0.4, 0.5) is 0 Å². The zero-order valence-corrected chi connectivity index (χ0v) is 14.7. The van der Waals surface area contributed by atoms with Gasteiger partial charge in [-0.25, -0.2) is 0 Å². The summed E-state index contributed by atoms with van der Waals surface area (Å²) in [6.45, 7) is 6.37. The van der Waals surface area contributed by atoms with E-state index in [1.807, 2.05) is 29.2 Å². The molecule has 1 fully saturated rings. The average Bonchev–Trinajstić information content (AvgIpc) is 3.29. The van der Waals surface area contributed by atoms with Gasteiger partial charge in [0, 0.05) is 18.2 Å². The Morgan fingerprint density at radius 2 is 2.00 bits per heavy atom. The fourth-order valence-electron chi connectivity index (χ4n) is 2.84. The molecular weight excluding hydrogens is 304 g/mol. The number of carbonyl (C=O) groups is 1. The number of hydrogen-bond acceptors (Lipinski definition) is 4. The highest BCUT2D eigenvalue weighted by molar-refractivity contribution is 5.94. The molecule has 1 aliphatic rings. The molecule has 1 saturated carbocycles. The van der Waals surface area contributed by atoms with Gasteiger partial charge in [-0.15, -0.1) is 0 Å². The third-order valence-corrected chi connectivity index (χ3v) is 4.68. The molecule has 128 valence electrons. The summed E-state index contributed by atoms with van der Waals surface area (Å²) in [4.78, 5) is 14.9. The van der Waals surface area contributed by atoms with Crippen molar-refractivity contribution >= 4 is 5.91 Å². The highest BCUT2D eigenvalue weighted by Crippen LogP contribution is 2.34. The average molecular weight is 328 g/mol. The van der Waals surface area contributed by atoms with E-state index in [-0.39, 0.29) is 11.9 Å². The van der Waals surface area contributed by atoms with E-state index >= 15 is 0 Å². The molecule has 0 radical (unpaired) electrons. The van der Waals surface area contributed by atoms with Crippen LogP contribution >= 0.6 is 0 Å². The summed E-state index contributed by atoms with van der Waals surface area (Å²) < 4.78 is 10.8. The topological polar surface area (TPSA) is 55.6 Å². The number of carbonyl (C=O) groups excluding carboxylic acids is 1. The summed E-state index contributed by atoms with van der Waals surface area (Å²) in [6, 6.07) is 9.77. The fraction of sp³-hybridized carbons (Fsp3) is 0.474. The molecule has 3 rings (SSSR count). The molecule has 1 aliphatic carbocycles. The van der Waals surface area contributed by atoms with Gasteiger partial charge in [0.2, 0.25) is 0 Å². The van der Waals surface area contributed by atoms with E-state index in [1.165, 1.54) is 0 Å². The van der Waals surface area contributed by atoms with E-state index in [0.29, 0.717) is 29.2 Å². The first-order valence-electron chi connectivity index (χ1n) is 8.45.